The SMILES string of the molecule is CCc1nc2[nH]c(=O)c(CC)c(N)n2n1. The third-order valence-corrected chi connectivity index (χ3v) is 2.36. The minimum atomic E-state index is -0.183. The summed E-state index contributed by atoms with van der Waals surface area (Å²) in [6, 6.07) is 0. The van der Waals surface area contributed by atoms with E-state index in [1.807, 2.05) is 13.8 Å². The lowest BCUT2D eigenvalue weighted by molar-refractivity contribution is 0.870. The number of H-pyrrole nitrogens is 1. The predicted molar refractivity (Wildman–Crippen MR) is 56.8 cm³/mol. The summed E-state index contributed by atoms with van der Waals surface area (Å²) in [4.78, 5) is 18.4. The van der Waals surface area contributed by atoms with Gasteiger partial charge in [-0.05, 0) is 6.42 Å². The number of nitrogens with two attached hydrogens (primary N) is 1. The molecule has 0 aliphatic rings. The van der Waals surface area contributed by atoms with Gasteiger partial charge < -0.3 is 5.73 Å². The molecule has 0 unspecified atom stereocenters. The molecule has 3 N–H and O–H groups in total. The summed E-state index contributed by atoms with van der Waals surface area (Å²) in [6.45, 7) is 3.83. The first kappa shape index (κ1) is 9.70. The predicted octanol–water partition coefficient (Wildman–Crippen LogP) is 0.125. The number of aromatic amines is 1. The molecule has 0 radical (unpaired) electrons. The van der Waals surface area contributed by atoms with Crippen molar-refractivity contribution < 1.29 is 0 Å². The molecule has 0 spiro atoms. The molecule has 2 rings (SSSR count). The Hall–Kier alpha value is -1.85. The van der Waals surface area contributed by atoms with Crippen LogP contribution >= 0.6 is 0 Å². The molecule has 80 valence electrons. The molecular formula is C9H13N5O. The third kappa shape index (κ3) is 1.38. The molecule has 0 bridgehead atoms. The van der Waals surface area contributed by atoms with E-state index >= 15 is 0 Å². The number of nitrogens with zero attached hydrogens (tertiary/aromatic N) is 3. The first-order chi connectivity index (χ1) is 7.17. The Labute approximate surface area is 86.1 Å². The summed E-state index contributed by atoms with van der Waals surface area (Å²) in [5.74, 6) is 1.46. The van der Waals surface area contributed by atoms with Crippen molar-refractivity contribution in [3.63, 3.8) is 0 Å². The van der Waals surface area contributed by atoms with Gasteiger partial charge in [-0.25, -0.2) is 0 Å². The molecule has 0 saturated heterocycles. The van der Waals surface area contributed by atoms with Crippen LogP contribution < -0.4 is 11.3 Å². The van der Waals surface area contributed by atoms with Crippen LogP contribution in [0.1, 0.15) is 25.2 Å². The molecule has 6 nitrogen and oxygen atoms in total. The van der Waals surface area contributed by atoms with Crippen LogP contribution in [0.3, 0.4) is 0 Å². The average molecular weight is 207 g/mol. The molecule has 0 atom stereocenters. The number of hydrogen-bond donors (Lipinski definition) is 2. The number of hydrogen-bond acceptors (Lipinski definition) is 4. The van der Waals surface area contributed by atoms with Crippen molar-refractivity contribution in [1.29, 1.82) is 0 Å². The fraction of sp³-hybridized carbons (Fsp3) is 0.444. The average Bonchev–Trinajstić information content (AvgIpc) is 2.61. The molecule has 6 heteroatoms. The molecule has 2 heterocycles. The van der Waals surface area contributed by atoms with Crippen molar-refractivity contribution in [3.05, 3.63) is 21.7 Å². The minimum Gasteiger partial charge on any atom is -0.383 e. The number of nitrogen functional groups attached to an aromatic ring is 1. The van der Waals surface area contributed by atoms with Crippen LogP contribution in [-0.4, -0.2) is 19.6 Å². The monoisotopic (exact) mass is 207 g/mol. The Kier molecular flexibility index (Phi) is 2.18. The van der Waals surface area contributed by atoms with Gasteiger partial charge in [0.25, 0.3) is 5.56 Å². The van der Waals surface area contributed by atoms with Crippen molar-refractivity contribution in [1.82, 2.24) is 19.6 Å². The maximum absolute atomic E-state index is 11.6. The highest BCUT2D eigenvalue weighted by atomic mass is 16.1. The zero-order valence-electron chi connectivity index (χ0n) is 8.74. The van der Waals surface area contributed by atoms with Gasteiger partial charge in [0.1, 0.15) is 5.82 Å². The molecule has 2 aromatic heterocycles. The number of aryl methyl sites for hydroxylation is 1. The van der Waals surface area contributed by atoms with E-state index in [9.17, 15) is 4.79 Å². The number of fused-ring (bicyclic) bond motifs is 1. The van der Waals surface area contributed by atoms with Crippen LogP contribution in [0, 0.1) is 0 Å². The zero-order valence-corrected chi connectivity index (χ0v) is 8.74. The molecule has 2 aromatic rings. The topological polar surface area (TPSA) is 89.1 Å². The van der Waals surface area contributed by atoms with Crippen molar-refractivity contribution in [2.24, 2.45) is 0 Å². The number of nitrogens with one attached hydrogen (secondary N) is 1. The van der Waals surface area contributed by atoms with E-state index in [2.05, 4.69) is 15.1 Å². The number of rotatable bonds is 2. The van der Waals surface area contributed by atoms with E-state index in [0.717, 1.165) is 0 Å². The van der Waals surface area contributed by atoms with Crippen molar-refractivity contribution in [2.75, 3.05) is 5.73 Å². The van der Waals surface area contributed by atoms with E-state index in [-0.39, 0.29) is 5.56 Å². The summed E-state index contributed by atoms with van der Waals surface area (Å²) in [5.41, 5.74) is 6.21. The summed E-state index contributed by atoms with van der Waals surface area (Å²) < 4.78 is 1.49. The number of aromatic nitrogens is 4. The normalized spacial score (nSPS) is 11.1. The standard InChI is InChI=1S/C9H13N5O/c1-3-5-7(10)14-9(12-8(5)15)11-6(4-2)13-14/h3-4,10H2,1-2H3,(H,11,12,13,15). The molecule has 0 aliphatic heterocycles. The minimum absolute atomic E-state index is 0.183. The van der Waals surface area contributed by atoms with E-state index in [0.29, 0.717) is 35.8 Å². The highest BCUT2D eigenvalue weighted by Gasteiger charge is 2.11. The van der Waals surface area contributed by atoms with Crippen molar-refractivity contribution in [2.45, 2.75) is 26.7 Å². The number of anilines is 1. The summed E-state index contributed by atoms with van der Waals surface area (Å²) in [5, 5.41) is 4.19. The molecule has 0 fully saturated rings. The van der Waals surface area contributed by atoms with E-state index < -0.39 is 0 Å². The highest BCUT2D eigenvalue weighted by Crippen LogP contribution is 2.08. The van der Waals surface area contributed by atoms with Gasteiger partial charge in [0.2, 0.25) is 5.78 Å². The Morgan fingerprint density at radius 2 is 2.13 bits per heavy atom. The lowest BCUT2D eigenvalue weighted by Crippen LogP contribution is -2.18. The van der Waals surface area contributed by atoms with Gasteiger partial charge >= 0.3 is 0 Å². The van der Waals surface area contributed by atoms with Crippen LogP contribution in [0.4, 0.5) is 5.82 Å². The van der Waals surface area contributed by atoms with Crippen LogP contribution in [0.2, 0.25) is 0 Å². The molecule has 0 saturated carbocycles. The van der Waals surface area contributed by atoms with Gasteiger partial charge in [0.05, 0.1) is 5.56 Å². The van der Waals surface area contributed by atoms with Gasteiger partial charge in [-0.3, -0.25) is 9.78 Å². The zero-order chi connectivity index (χ0) is 11.0. The molecule has 0 amide bonds. The van der Waals surface area contributed by atoms with E-state index in [4.69, 9.17) is 5.73 Å². The van der Waals surface area contributed by atoms with Crippen LogP contribution in [0.5, 0.6) is 0 Å². The van der Waals surface area contributed by atoms with Gasteiger partial charge in [0.15, 0.2) is 5.82 Å². The maximum Gasteiger partial charge on any atom is 0.257 e. The second-order valence-electron chi connectivity index (χ2n) is 3.29. The van der Waals surface area contributed by atoms with E-state index in [1.165, 1.54) is 4.52 Å². The Morgan fingerprint density at radius 1 is 1.40 bits per heavy atom. The molecule has 0 aliphatic carbocycles. The smallest absolute Gasteiger partial charge is 0.257 e. The van der Waals surface area contributed by atoms with Crippen molar-refractivity contribution >= 4 is 11.6 Å². The largest absolute Gasteiger partial charge is 0.383 e. The van der Waals surface area contributed by atoms with Gasteiger partial charge in [-0.2, -0.15) is 9.50 Å². The molecule has 15 heavy (non-hydrogen) atoms. The third-order valence-electron chi connectivity index (χ3n) is 2.36. The molecular weight excluding hydrogens is 194 g/mol. The Balaban J connectivity index is 2.82. The quantitative estimate of drug-likeness (QED) is 0.732. The summed E-state index contributed by atoms with van der Waals surface area (Å²) >= 11 is 0. The van der Waals surface area contributed by atoms with E-state index in [1.54, 1.807) is 0 Å². The first-order valence-corrected chi connectivity index (χ1v) is 4.93. The van der Waals surface area contributed by atoms with Crippen molar-refractivity contribution in [3.8, 4) is 0 Å². The fourth-order valence-electron chi connectivity index (χ4n) is 1.52. The van der Waals surface area contributed by atoms with Gasteiger partial charge in [-0.1, -0.05) is 13.8 Å². The second kappa shape index (κ2) is 3.38. The van der Waals surface area contributed by atoms with Crippen LogP contribution in [0.15, 0.2) is 4.79 Å². The van der Waals surface area contributed by atoms with Gasteiger partial charge in [-0.15, -0.1) is 5.10 Å². The highest BCUT2D eigenvalue weighted by molar-refractivity contribution is 5.45. The maximum atomic E-state index is 11.6. The lowest BCUT2D eigenvalue weighted by atomic mass is 10.2. The first-order valence-electron chi connectivity index (χ1n) is 4.93. The van der Waals surface area contributed by atoms with Crippen LogP contribution in [-0.2, 0) is 12.8 Å². The van der Waals surface area contributed by atoms with Gasteiger partial charge in [0, 0.05) is 6.42 Å². The summed E-state index contributed by atoms with van der Waals surface area (Å²) in [7, 11) is 0. The Bertz CT molecular complexity index is 553. The Morgan fingerprint density at radius 3 is 2.73 bits per heavy atom. The molecule has 0 aromatic carbocycles. The summed E-state index contributed by atoms with van der Waals surface area (Å²) in [6.07, 6.45) is 1.29. The lowest BCUT2D eigenvalue weighted by Gasteiger charge is -2.02. The second-order valence-corrected chi connectivity index (χ2v) is 3.29. The fourth-order valence-corrected chi connectivity index (χ4v) is 1.52. The van der Waals surface area contributed by atoms with Crippen LogP contribution in [0.25, 0.3) is 5.78 Å².